The number of hydrogen-bond donors (Lipinski definition) is 1. The molecule has 0 saturated heterocycles. The number of nitrogens with zero attached hydrogens (tertiary/aromatic N) is 3. The molecule has 1 heterocycles. The van der Waals surface area contributed by atoms with E-state index in [4.69, 9.17) is 4.74 Å². The van der Waals surface area contributed by atoms with Crippen molar-refractivity contribution in [1.82, 2.24) is 20.1 Å². The third-order valence-corrected chi connectivity index (χ3v) is 7.45. The second-order valence-electron chi connectivity index (χ2n) is 8.75. The summed E-state index contributed by atoms with van der Waals surface area (Å²) in [7, 11) is 1.91. The van der Waals surface area contributed by atoms with E-state index in [0.29, 0.717) is 23.9 Å². The van der Waals surface area contributed by atoms with Crippen LogP contribution >= 0.6 is 11.8 Å². The lowest BCUT2D eigenvalue weighted by atomic mass is 9.68. The normalized spacial score (nSPS) is 16.1. The largest absolute Gasteiger partial charge is 0.493 e. The first-order valence-electron chi connectivity index (χ1n) is 11.8. The summed E-state index contributed by atoms with van der Waals surface area (Å²) in [6.45, 7) is 2.42. The van der Waals surface area contributed by atoms with Gasteiger partial charge in [-0.3, -0.25) is 4.79 Å². The molecular weight excluding hydrogens is 451 g/mol. The van der Waals surface area contributed by atoms with E-state index < -0.39 is 5.41 Å². The highest BCUT2D eigenvalue weighted by atomic mass is 32.2. The van der Waals surface area contributed by atoms with E-state index in [0.717, 1.165) is 36.4 Å². The molecule has 3 aromatic rings. The van der Waals surface area contributed by atoms with Gasteiger partial charge in [-0.2, -0.15) is 0 Å². The van der Waals surface area contributed by atoms with Gasteiger partial charge in [-0.05, 0) is 49.6 Å². The predicted molar refractivity (Wildman–Crippen MR) is 131 cm³/mol. The second-order valence-corrected chi connectivity index (χ2v) is 9.82. The smallest absolute Gasteiger partial charge is 0.231 e. The maximum atomic E-state index is 13.6. The molecule has 1 unspecified atom stereocenters. The molecule has 1 amide bonds. The number of rotatable bonds is 9. The van der Waals surface area contributed by atoms with Crippen molar-refractivity contribution < 1.29 is 13.9 Å². The van der Waals surface area contributed by atoms with Crippen LogP contribution in [0.5, 0.6) is 5.75 Å². The number of amides is 1. The molecule has 0 bridgehead atoms. The molecule has 4 rings (SSSR count). The van der Waals surface area contributed by atoms with Gasteiger partial charge in [0, 0.05) is 12.8 Å². The van der Waals surface area contributed by atoms with Crippen LogP contribution in [0.15, 0.2) is 59.8 Å². The van der Waals surface area contributed by atoms with Gasteiger partial charge in [-0.1, -0.05) is 61.4 Å². The minimum Gasteiger partial charge on any atom is -0.493 e. The van der Waals surface area contributed by atoms with Gasteiger partial charge in [0.25, 0.3) is 0 Å². The topological polar surface area (TPSA) is 69.0 Å². The van der Waals surface area contributed by atoms with Crippen LogP contribution in [0, 0.1) is 5.82 Å². The van der Waals surface area contributed by atoms with E-state index >= 15 is 0 Å². The molecule has 2 aromatic carbocycles. The monoisotopic (exact) mass is 482 g/mol. The van der Waals surface area contributed by atoms with E-state index in [1.165, 1.54) is 30.3 Å². The maximum absolute atomic E-state index is 13.6. The maximum Gasteiger partial charge on any atom is 0.231 e. The van der Waals surface area contributed by atoms with Crippen LogP contribution in [-0.4, -0.2) is 33.0 Å². The Labute approximate surface area is 204 Å². The Morgan fingerprint density at radius 3 is 2.53 bits per heavy atom. The fraction of sp³-hybridized carbons (Fsp3) is 0.423. The van der Waals surface area contributed by atoms with Crippen LogP contribution < -0.4 is 10.1 Å². The number of carbonyl (C=O) groups excluding carboxylic acids is 1. The molecule has 1 aromatic heterocycles. The fourth-order valence-corrected chi connectivity index (χ4v) is 5.35. The first-order chi connectivity index (χ1) is 16.5. The second kappa shape index (κ2) is 11.0. The van der Waals surface area contributed by atoms with Crippen molar-refractivity contribution in [2.45, 2.75) is 55.6 Å². The van der Waals surface area contributed by atoms with Crippen molar-refractivity contribution >= 4 is 17.7 Å². The van der Waals surface area contributed by atoms with Crippen LogP contribution in [0.4, 0.5) is 4.39 Å². The summed E-state index contributed by atoms with van der Waals surface area (Å²) in [5.41, 5.74) is 0.608. The van der Waals surface area contributed by atoms with E-state index in [1.54, 1.807) is 12.1 Å². The van der Waals surface area contributed by atoms with Crippen LogP contribution in [0.3, 0.4) is 0 Å². The van der Waals surface area contributed by atoms with Gasteiger partial charge in [-0.15, -0.1) is 10.2 Å². The van der Waals surface area contributed by atoms with E-state index in [2.05, 4.69) is 27.6 Å². The highest BCUT2D eigenvalue weighted by Crippen LogP contribution is 2.40. The number of nitrogens with one attached hydrogen (secondary N) is 1. The summed E-state index contributed by atoms with van der Waals surface area (Å²) in [5.74, 6) is 1.80. The fourth-order valence-electron chi connectivity index (χ4n) is 4.61. The summed E-state index contributed by atoms with van der Waals surface area (Å²) in [6, 6.07) is 15.9. The molecule has 180 valence electrons. The highest BCUT2D eigenvalue weighted by Gasteiger charge is 2.41. The Morgan fingerprint density at radius 1 is 1.12 bits per heavy atom. The van der Waals surface area contributed by atoms with Crippen molar-refractivity contribution in [2.75, 3.05) is 12.4 Å². The van der Waals surface area contributed by atoms with Crippen LogP contribution in [0.1, 0.15) is 56.5 Å². The summed E-state index contributed by atoms with van der Waals surface area (Å²) < 4.78 is 20.6. The van der Waals surface area contributed by atoms with E-state index in [1.807, 2.05) is 36.7 Å². The molecule has 8 heteroatoms. The predicted octanol–water partition coefficient (Wildman–Crippen LogP) is 5.20. The van der Waals surface area contributed by atoms with Crippen molar-refractivity contribution in [2.24, 2.45) is 7.05 Å². The molecule has 1 fully saturated rings. The minimum atomic E-state index is -0.484. The number of carbonyl (C=O) groups is 1. The lowest BCUT2D eigenvalue weighted by Gasteiger charge is -2.37. The summed E-state index contributed by atoms with van der Waals surface area (Å²) in [4.78, 5) is 13.6. The minimum absolute atomic E-state index is 0.0656. The first kappa shape index (κ1) is 24.3. The molecule has 1 aliphatic carbocycles. The average Bonchev–Trinajstić information content (AvgIpc) is 3.24. The standard InChI is InChI=1S/C26H31FN4O2S/c1-19(28-24(32)26(15-7-4-8-16-26)20-9-5-3-6-10-20)23-29-30-25(31(23)2)34-18-17-33-22-13-11-21(27)12-14-22/h3,5-6,9-14,19H,4,7-8,15-18H2,1-2H3,(H,28,32). The molecule has 34 heavy (non-hydrogen) atoms. The van der Waals surface area contributed by atoms with Gasteiger partial charge >= 0.3 is 0 Å². The number of halogens is 1. The Balaban J connectivity index is 1.37. The van der Waals surface area contributed by atoms with Crippen molar-refractivity contribution in [3.05, 3.63) is 71.8 Å². The van der Waals surface area contributed by atoms with Crippen LogP contribution in [0.2, 0.25) is 0 Å². The third-order valence-electron chi connectivity index (χ3n) is 6.47. The number of aromatic nitrogens is 3. The SMILES string of the molecule is CC(NC(=O)C1(c2ccccc2)CCCCC1)c1nnc(SCCOc2ccc(F)cc2)n1C. The molecule has 1 aliphatic rings. The molecule has 0 aliphatic heterocycles. The zero-order valence-corrected chi connectivity index (χ0v) is 20.5. The highest BCUT2D eigenvalue weighted by molar-refractivity contribution is 7.99. The lowest BCUT2D eigenvalue weighted by molar-refractivity contribution is -0.128. The molecule has 1 N–H and O–H groups in total. The molecule has 0 radical (unpaired) electrons. The number of hydrogen-bond acceptors (Lipinski definition) is 5. The molecular formula is C26H31FN4O2S. The Kier molecular flexibility index (Phi) is 7.88. The zero-order valence-electron chi connectivity index (χ0n) is 19.7. The molecule has 6 nitrogen and oxygen atoms in total. The van der Waals surface area contributed by atoms with Gasteiger partial charge in [-0.25, -0.2) is 4.39 Å². The Hall–Kier alpha value is -2.87. The Morgan fingerprint density at radius 2 is 1.82 bits per heavy atom. The summed E-state index contributed by atoms with van der Waals surface area (Å²) in [5, 5.41) is 12.6. The van der Waals surface area contributed by atoms with Crippen molar-refractivity contribution in [3.63, 3.8) is 0 Å². The molecule has 0 spiro atoms. The number of benzene rings is 2. The quantitative estimate of drug-likeness (QED) is 0.335. The molecule has 1 saturated carbocycles. The van der Waals surface area contributed by atoms with E-state index in [-0.39, 0.29) is 17.8 Å². The Bertz CT molecular complexity index is 1080. The van der Waals surface area contributed by atoms with Crippen molar-refractivity contribution in [1.29, 1.82) is 0 Å². The van der Waals surface area contributed by atoms with Crippen LogP contribution in [-0.2, 0) is 17.3 Å². The van der Waals surface area contributed by atoms with Gasteiger partial charge in [0.1, 0.15) is 11.6 Å². The van der Waals surface area contributed by atoms with Crippen LogP contribution in [0.25, 0.3) is 0 Å². The van der Waals surface area contributed by atoms with Crippen molar-refractivity contribution in [3.8, 4) is 5.75 Å². The van der Waals surface area contributed by atoms with Gasteiger partial charge < -0.3 is 14.6 Å². The first-order valence-corrected chi connectivity index (χ1v) is 12.7. The number of ether oxygens (including phenoxy) is 1. The summed E-state index contributed by atoms with van der Waals surface area (Å²) >= 11 is 1.53. The molecule has 1 atom stereocenters. The van der Waals surface area contributed by atoms with Gasteiger partial charge in [0.2, 0.25) is 5.91 Å². The average molecular weight is 483 g/mol. The zero-order chi connectivity index (χ0) is 24.0. The summed E-state index contributed by atoms with van der Waals surface area (Å²) in [6.07, 6.45) is 5.02. The van der Waals surface area contributed by atoms with Gasteiger partial charge in [0.05, 0.1) is 18.1 Å². The van der Waals surface area contributed by atoms with Gasteiger partial charge in [0.15, 0.2) is 11.0 Å². The third kappa shape index (κ3) is 5.43. The lowest BCUT2D eigenvalue weighted by Crippen LogP contribution is -2.46. The van der Waals surface area contributed by atoms with E-state index in [9.17, 15) is 9.18 Å². The number of thioether (sulfide) groups is 1.